The summed E-state index contributed by atoms with van der Waals surface area (Å²) in [6.07, 6.45) is 3.01. The number of pyridine rings is 1. The van der Waals surface area contributed by atoms with Gasteiger partial charge in [-0.3, -0.25) is 4.68 Å². The van der Waals surface area contributed by atoms with Crippen molar-refractivity contribution in [2.24, 2.45) is 7.05 Å². The summed E-state index contributed by atoms with van der Waals surface area (Å²) in [6.45, 7) is 0. The van der Waals surface area contributed by atoms with E-state index in [1.54, 1.807) is 31.4 Å². The summed E-state index contributed by atoms with van der Waals surface area (Å²) >= 11 is 9.51. The van der Waals surface area contributed by atoms with Crippen LogP contribution in [0.3, 0.4) is 0 Å². The lowest BCUT2D eigenvalue weighted by molar-refractivity contribution is 0.512. The molecule has 0 aliphatic heterocycles. The van der Waals surface area contributed by atoms with Gasteiger partial charge in [-0.1, -0.05) is 11.6 Å². The normalized spacial score (nSPS) is 11.3. The highest BCUT2D eigenvalue weighted by Gasteiger charge is 2.19. The van der Waals surface area contributed by atoms with E-state index in [-0.39, 0.29) is 5.89 Å². The summed E-state index contributed by atoms with van der Waals surface area (Å²) in [4.78, 5) is 20.8. The molecular weight excluding hydrogens is 400 g/mol. The molecule has 0 aliphatic carbocycles. The van der Waals surface area contributed by atoms with Crippen molar-refractivity contribution in [2.75, 3.05) is 0 Å². The second kappa shape index (κ2) is 5.53. The van der Waals surface area contributed by atoms with Crippen molar-refractivity contribution in [1.29, 1.82) is 0 Å². The fourth-order valence-electron chi connectivity index (χ4n) is 2.28. The molecule has 4 aromatic heterocycles. The van der Waals surface area contributed by atoms with Crippen LogP contribution in [0.25, 0.3) is 28.4 Å². The molecule has 4 aromatic rings. The molecule has 0 bridgehead atoms. The molecule has 0 unspecified atom stereocenters. The summed E-state index contributed by atoms with van der Waals surface area (Å²) in [5.41, 5.74) is 0.319. The third-order valence-corrected chi connectivity index (χ3v) is 4.05. The molecule has 4 rings (SSSR count). The lowest BCUT2D eigenvalue weighted by Gasteiger charge is -2.06. The Kier molecular flexibility index (Phi) is 3.47. The SMILES string of the molecule is Cn1ncc2c(=O)oc(-c3cc(Br)nn3-c3ncccc3Cl)nc21. The standard InChI is InChI=1S/C14H8BrClN6O2/c1-21-11-7(6-18-21)14(23)24-13(19-11)9-5-10(15)20-22(9)12-8(16)3-2-4-17-12/h2-6H,1H3. The van der Waals surface area contributed by atoms with Gasteiger partial charge >= 0.3 is 5.63 Å². The highest BCUT2D eigenvalue weighted by molar-refractivity contribution is 9.10. The van der Waals surface area contributed by atoms with Crippen molar-refractivity contribution >= 4 is 38.6 Å². The first kappa shape index (κ1) is 15.0. The minimum Gasteiger partial charge on any atom is -0.401 e. The molecule has 0 spiro atoms. The first-order chi connectivity index (χ1) is 11.5. The Morgan fingerprint density at radius 3 is 3.00 bits per heavy atom. The Balaban J connectivity index is 2.00. The molecule has 0 saturated carbocycles. The van der Waals surface area contributed by atoms with Crippen molar-refractivity contribution in [3.05, 3.63) is 50.6 Å². The second-order valence-corrected chi connectivity index (χ2v) is 6.10. The smallest absolute Gasteiger partial charge is 0.350 e. The molecule has 0 atom stereocenters. The number of aryl methyl sites for hydroxylation is 1. The van der Waals surface area contributed by atoms with Crippen LogP contribution in [-0.4, -0.2) is 29.5 Å². The van der Waals surface area contributed by atoms with Crippen molar-refractivity contribution in [2.45, 2.75) is 0 Å². The zero-order valence-corrected chi connectivity index (χ0v) is 14.5. The zero-order chi connectivity index (χ0) is 16.8. The maximum absolute atomic E-state index is 12.2. The molecule has 120 valence electrons. The lowest BCUT2D eigenvalue weighted by Crippen LogP contribution is -2.07. The average molecular weight is 408 g/mol. The van der Waals surface area contributed by atoms with E-state index in [1.165, 1.54) is 15.6 Å². The van der Waals surface area contributed by atoms with E-state index in [4.69, 9.17) is 16.0 Å². The van der Waals surface area contributed by atoms with Gasteiger partial charge in [0.2, 0.25) is 0 Å². The van der Waals surface area contributed by atoms with Crippen molar-refractivity contribution in [1.82, 2.24) is 29.5 Å². The number of hydrogen-bond acceptors (Lipinski definition) is 6. The van der Waals surface area contributed by atoms with E-state index in [1.807, 2.05) is 0 Å². The van der Waals surface area contributed by atoms with Crippen LogP contribution in [0.15, 0.2) is 44.4 Å². The molecule has 0 saturated heterocycles. The first-order valence-corrected chi connectivity index (χ1v) is 7.91. The minimum absolute atomic E-state index is 0.0935. The van der Waals surface area contributed by atoms with Crippen LogP contribution in [0, 0.1) is 0 Å². The van der Waals surface area contributed by atoms with Gasteiger partial charge in [0.1, 0.15) is 15.7 Å². The quantitative estimate of drug-likeness (QED) is 0.507. The first-order valence-electron chi connectivity index (χ1n) is 6.74. The Bertz CT molecular complexity index is 1130. The van der Waals surface area contributed by atoms with Gasteiger partial charge in [0.15, 0.2) is 11.5 Å². The number of rotatable bonds is 2. The Labute approximate surface area is 147 Å². The molecule has 0 amide bonds. The maximum Gasteiger partial charge on any atom is 0.350 e. The van der Waals surface area contributed by atoms with Crippen LogP contribution in [0.1, 0.15) is 0 Å². The predicted molar refractivity (Wildman–Crippen MR) is 90.1 cm³/mol. The summed E-state index contributed by atoms with van der Waals surface area (Å²) < 4.78 is 8.81. The van der Waals surface area contributed by atoms with E-state index in [0.717, 1.165) is 0 Å². The number of nitrogens with zero attached hydrogens (tertiary/aromatic N) is 6. The topological polar surface area (TPSA) is 91.6 Å². The molecule has 0 aromatic carbocycles. The summed E-state index contributed by atoms with van der Waals surface area (Å²) in [6, 6.07) is 5.07. The van der Waals surface area contributed by atoms with Gasteiger partial charge in [-0.2, -0.15) is 15.2 Å². The number of aromatic nitrogens is 6. The molecule has 4 heterocycles. The number of hydrogen-bond donors (Lipinski definition) is 0. The Morgan fingerprint density at radius 2 is 2.21 bits per heavy atom. The van der Waals surface area contributed by atoms with E-state index in [9.17, 15) is 4.79 Å². The Hall–Kier alpha value is -2.52. The zero-order valence-electron chi connectivity index (χ0n) is 12.1. The van der Waals surface area contributed by atoms with Crippen molar-refractivity contribution in [3.8, 4) is 17.4 Å². The Morgan fingerprint density at radius 1 is 1.38 bits per heavy atom. The van der Waals surface area contributed by atoms with E-state index >= 15 is 0 Å². The summed E-state index contributed by atoms with van der Waals surface area (Å²) in [5, 5.41) is 9.03. The van der Waals surface area contributed by atoms with E-state index in [0.29, 0.717) is 32.2 Å². The van der Waals surface area contributed by atoms with Gasteiger partial charge in [0.25, 0.3) is 5.89 Å². The van der Waals surface area contributed by atoms with Gasteiger partial charge in [-0.15, -0.1) is 0 Å². The monoisotopic (exact) mass is 406 g/mol. The molecule has 0 fully saturated rings. The predicted octanol–water partition coefficient (Wildman–Crippen LogP) is 2.59. The minimum atomic E-state index is -0.529. The molecule has 10 heteroatoms. The number of halogens is 2. The third-order valence-electron chi connectivity index (χ3n) is 3.36. The molecule has 24 heavy (non-hydrogen) atoms. The fraction of sp³-hybridized carbons (Fsp3) is 0.0714. The molecule has 0 radical (unpaired) electrons. The molecular formula is C14H8BrClN6O2. The molecule has 8 nitrogen and oxygen atoms in total. The fourth-order valence-corrected chi connectivity index (χ4v) is 2.86. The van der Waals surface area contributed by atoms with Crippen LogP contribution >= 0.6 is 27.5 Å². The van der Waals surface area contributed by atoms with Crippen molar-refractivity contribution < 1.29 is 4.42 Å². The molecule has 0 aliphatic rings. The third kappa shape index (κ3) is 2.33. The largest absolute Gasteiger partial charge is 0.401 e. The van der Waals surface area contributed by atoms with Gasteiger partial charge in [-0.25, -0.2) is 14.5 Å². The van der Waals surface area contributed by atoms with Gasteiger partial charge < -0.3 is 4.42 Å². The second-order valence-electron chi connectivity index (χ2n) is 4.88. The van der Waals surface area contributed by atoms with E-state index in [2.05, 4.69) is 36.1 Å². The van der Waals surface area contributed by atoms with Crippen LogP contribution < -0.4 is 5.63 Å². The van der Waals surface area contributed by atoms with Crippen LogP contribution in [0.2, 0.25) is 5.02 Å². The number of fused-ring (bicyclic) bond motifs is 1. The van der Waals surface area contributed by atoms with Crippen molar-refractivity contribution in [3.63, 3.8) is 0 Å². The lowest BCUT2D eigenvalue weighted by atomic mass is 10.3. The van der Waals surface area contributed by atoms with Gasteiger partial charge in [0.05, 0.1) is 11.2 Å². The van der Waals surface area contributed by atoms with Gasteiger partial charge in [0, 0.05) is 19.3 Å². The van der Waals surface area contributed by atoms with Crippen LogP contribution in [0.5, 0.6) is 0 Å². The highest BCUT2D eigenvalue weighted by atomic mass is 79.9. The maximum atomic E-state index is 12.2. The van der Waals surface area contributed by atoms with Gasteiger partial charge in [-0.05, 0) is 28.1 Å². The summed E-state index contributed by atoms with van der Waals surface area (Å²) in [5.74, 6) is 0.491. The average Bonchev–Trinajstić information content (AvgIpc) is 3.12. The highest BCUT2D eigenvalue weighted by Crippen LogP contribution is 2.27. The van der Waals surface area contributed by atoms with Crippen LogP contribution in [-0.2, 0) is 7.05 Å². The van der Waals surface area contributed by atoms with Crippen LogP contribution in [0.4, 0.5) is 0 Å². The molecule has 0 N–H and O–H groups in total. The summed E-state index contributed by atoms with van der Waals surface area (Å²) in [7, 11) is 1.70. The van der Waals surface area contributed by atoms with E-state index < -0.39 is 5.63 Å².